The molecule has 1 aromatic carbocycles. The quantitative estimate of drug-likeness (QED) is 0.840. The second-order valence-electron chi connectivity index (χ2n) is 5.02. The first-order valence-electron chi connectivity index (χ1n) is 7.01. The molecule has 21 heavy (non-hydrogen) atoms. The van der Waals surface area contributed by atoms with Gasteiger partial charge in [-0.3, -0.25) is 9.78 Å². The molecule has 1 amide bonds. The number of hydrogen-bond acceptors (Lipinski definition) is 5. The fourth-order valence-electron chi connectivity index (χ4n) is 2.50. The van der Waals surface area contributed by atoms with Crippen LogP contribution in [0.4, 0.5) is 5.82 Å². The van der Waals surface area contributed by atoms with E-state index < -0.39 is 0 Å². The number of piperazine rings is 1. The van der Waals surface area contributed by atoms with E-state index in [9.17, 15) is 4.79 Å². The lowest BCUT2D eigenvalue weighted by Gasteiger charge is -2.35. The molecule has 1 aliphatic heterocycles. The number of carbonyl (C=O) groups excluding carboxylic acids is 1. The van der Waals surface area contributed by atoms with Crippen molar-refractivity contribution < 1.29 is 9.53 Å². The maximum absolute atomic E-state index is 11.8. The summed E-state index contributed by atoms with van der Waals surface area (Å²) >= 11 is 0. The molecule has 0 bridgehead atoms. The predicted molar refractivity (Wildman–Crippen MR) is 80.2 cm³/mol. The predicted octanol–water partition coefficient (Wildman–Crippen LogP) is 0.925. The molecule has 0 radical (unpaired) electrons. The second-order valence-corrected chi connectivity index (χ2v) is 5.02. The molecule has 3 rings (SSSR count). The smallest absolute Gasteiger partial charge is 0.248 e. The van der Waals surface area contributed by atoms with E-state index in [2.05, 4.69) is 14.9 Å². The highest BCUT2D eigenvalue weighted by Gasteiger charge is 2.21. The van der Waals surface area contributed by atoms with E-state index in [1.807, 2.05) is 29.2 Å². The Labute approximate surface area is 123 Å². The molecule has 0 unspecified atom stereocenters. The standard InChI is InChI=1S/C15H18N4O2/c1-21-11-15(20)19-8-6-18(7-9-19)14-10-16-12-4-2-3-5-13(12)17-14/h2-5,10H,6-9,11H2,1H3. The van der Waals surface area contributed by atoms with E-state index in [1.54, 1.807) is 13.3 Å². The molecule has 6 heteroatoms. The van der Waals surface area contributed by atoms with Gasteiger partial charge in [0.15, 0.2) is 0 Å². The van der Waals surface area contributed by atoms with Crippen molar-refractivity contribution in [3.05, 3.63) is 30.5 Å². The van der Waals surface area contributed by atoms with E-state index in [-0.39, 0.29) is 12.5 Å². The number of anilines is 1. The number of hydrogen-bond donors (Lipinski definition) is 0. The van der Waals surface area contributed by atoms with Crippen LogP contribution in [-0.2, 0) is 9.53 Å². The molecule has 2 heterocycles. The van der Waals surface area contributed by atoms with Gasteiger partial charge in [0.05, 0.1) is 17.2 Å². The van der Waals surface area contributed by atoms with Crippen molar-refractivity contribution in [1.82, 2.24) is 14.9 Å². The highest BCUT2D eigenvalue weighted by atomic mass is 16.5. The largest absolute Gasteiger partial charge is 0.375 e. The van der Waals surface area contributed by atoms with E-state index in [0.29, 0.717) is 13.1 Å². The summed E-state index contributed by atoms with van der Waals surface area (Å²) in [5.74, 6) is 0.911. The van der Waals surface area contributed by atoms with Gasteiger partial charge >= 0.3 is 0 Å². The number of para-hydroxylation sites is 2. The minimum absolute atomic E-state index is 0.0433. The number of carbonyl (C=O) groups is 1. The number of amides is 1. The number of fused-ring (bicyclic) bond motifs is 1. The molecule has 6 nitrogen and oxygen atoms in total. The van der Waals surface area contributed by atoms with Crippen LogP contribution in [0.5, 0.6) is 0 Å². The molecule has 0 spiro atoms. The van der Waals surface area contributed by atoms with Crippen LogP contribution in [0.3, 0.4) is 0 Å². The molecule has 1 aromatic heterocycles. The van der Waals surface area contributed by atoms with Gasteiger partial charge in [-0.05, 0) is 12.1 Å². The molecule has 1 fully saturated rings. The summed E-state index contributed by atoms with van der Waals surface area (Å²) in [7, 11) is 1.54. The third kappa shape index (κ3) is 2.95. The van der Waals surface area contributed by atoms with Gasteiger partial charge in [0.1, 0.15) is 12.4 Å². The first-order valence-corrected chi connectivity index (χ1v) is 7.01. The Morgan fingerprint density at radius 1 is 1.19 bits per heavy atom. The highest BCUT2D eigenvalue weighted by Crippen LogP contribution is 2.16. The fraction of sp³-hybridized carbons (Fsp3) is 0.400. The van der Waals surface area contributed by atoms with Crippen LogP contribution in [0.25, 0.3) is 11.0 Å². The van der Waals surface area contributed by atoms with E-state index in [0.717, 1.165) is 29.9 Å². The Hall–Kier alpha value is -2.21. The summed E-state index contributed by atoms with van der Waals surface area (Å²) in [6.07, 6.45) is 1.80. The number of methoxy groups -OCH3 is 1. The van der Waals surface area contributed by atoms with E-state index in [1.165, 1.54) is 0 Å². The minimum Gasteiger partial charge on any atom is -0.375 e. The van der Waals surface area contributed by atoms with Gasteiger partial charge < -0.3 is 14.5 Å². The summed E-state index contributed by atoms with van der Waals surface area (Å²) in [5.41, 5.74) is 1.79. The Bertz CT molecular complexity index is 638. The molecule has 0 N–H and O–H groups in total. The molecule has 2 aromatic rings. The SMILES string of the molecule is COCC(=O)N1CCN(c2cnc3ccccc3n2)CC1. The highest BCUT2D eigenvalue weighted by molar-refractivity contribution is 5.78. The normalized spacial score (nSPS) is 15.5. The maximum atomic E-state index is 11.8. The molecular weight excluding hydrogens is 268 g/mol. The zero-order valence-electron chi connectivity index (χ0n) is 12.0. The van der Waals surface area contributed by atoms with Gasteiger partial charge in [0.2, 0.25) is 5.91 Å². The minimum atomic E-state index is 0.0433. The van der Waals surface area contributed by atoms with Gasteiger partial charge in [-0.2, -0.15) is 0 Å². The summed E-state index contributed by atoms with van der Waals surface area (Å²) in [6, 6.07) is 7.83. The van der Waals surface area contributed by atoms with E-state index in [4.69, 9.17) is 4.74 Å². The topological polar surface area (TPSA) is 58.6 Å². The van der Waals surface area contributed by atoms with Gasteiger partial charge in [-0.25, -0.2) is 4.98 Å². The third-order valence-corrected chi connectivity index (χ3v) is 3.66. The Morgan fingerprint density at radius 3 is 2.62 bits per heavy atom. The lowest BCUT2D eigenvalue weighted by Crippen LogP contribution is -2.50. The van der Waals surface area contributed by atoms with Crippen LogP contribution >= 0.6 is 0 Å². The lowest BCUT2D eigenvalue weighted by atomic mass is 10.3. The summed E-state index contributed by atoms with van der Waals surface area (Å²) in [5, 5.41) is 0. The fourth-order valence-corrected chi connectivity index (χ4v) is 2.50. The van der Waals surface area contributed by atoms with Crippen molar-refractivity contribution >= 4 is 22.8 Å². The number of aromatic nitrogens is 2. The van der Waals surface area contributed by atoms with Gasteiger partial charge in [0, 0.05) is 33.3 Å². The van der Waals surface area contributed by atoms with Crippen LogP contribution in [0.2, 0.25) is 0 Å². The van der Waals surface area contributed by atoms with Gasteiger partial charge in [0.25, 0.3) is 0 Å². The van der Waals surface area contributed by atoms with Crippen LogP contribution in [0, 0.1) is 0 Å². The lowest BCUT2D eigenvalue weighted by molar-refractivity contribution is -0.135. The average molecular weight is 286 g/mol. The third-order valence-electron chi connectivity index (χ3n) is 3.66. The zero-order valence-corrected chi connectivity index (χ0v) is 12.0. The van der Waals surface area contributed by atoms with Gasteiger partial charge in [-0.1, -0.05) is 12.1 Å². The Kier molecular flexibility index (Phi) is 3.96. The monoisotopic (exact) mass is 286 g/mol. The molecule has 0 saturated carbocycles. The van der Waals surface area contributed by atoms with Crippen LogP contribution < -0.4 is 4.90 Å². The van der Waals surface area contributed by atoms with Crippen molar-refractivity contribution in [3.8, 4) is 0 Å². The van der Waals surface area contributed by atoms with E-state index >= 15 is 0 Å². The van der Waals surface area contributed by atoms with Crippen molar-refractivity contribution in [2.75, 3.05) is 44.8 Å². The van der Waals surface area contributed by atoms with Crippen LogP contribution in [-0.4, -0.2) is 60.7 Å². The first kappa shape index (κ1) is 13.8. The molecule has 1 aliphatic rings. The maximum Gasteiger partial charge on any atom is 0.248 e. The molecule has 0 aliphatic carbocycles. The summed E-state index contributed by atoms with van der Waals surface area (Å²) < 4.78 is 4.89. The van der Waals surface area contributed by atoms with Crippen molar-refractivity contribution in [1.29, 1.82) is 0 Å². The number of ether oxygens (including phenoxy) is 1. The van der Waals surface area contributed by atoms with Crippen LogP contribution in [0.15, 0.2) is 30.5 Å². The summed E-state index contributed by atoms with van der Waals surface area (Å²) in [6.45, 7) is 3.06. The van der Waals surface area contributed by atoms with Crippen molar-refractivity contribution in [2.45, 2.75) is 0 Å². The Balaban J connectivity index is 1.69. The molecule has 1 saturated heterocycles. The van der Waals surface area contributed by atoms with Crippen molar-refractivity contribution in [2.24, 2.45) is 0 Å². The number of nitrogens with zero attached hydrogens (tertiary/aromatic N) is 4. The first-order chi connectivity index (χ1) is 10.3. The number of benzene rings is 1. The number of rotatable bonds is 3. The second kappa shape index (κ2) is 6.05. The van der Waals surface area contributed by atoms with Gasteiger partial charge in [-0.15, -0.1) is 0 Å². The average Bonchev–Trinajstić information content (AvgIpc) is 2.55. The zero-order chi connectivity index (χ0) is 14.7. The van der Waals surface area contributed by atoms with Crippen molar-refractivity contribution in [3.63, 3.8) is 0 Å². The molecular formula is C15H18N4O2. The Morgan fingerprint density at radius 2 is 1.90 bits per heavy atom. The molecule has 0 atom stereocenters. The summed E-state index contributed by atoms with van der Waals surface area (Å²) in [4.78, 5) is 24.8. The molecule has 110 valence electrons. The van der Waals surface area contributed by atoms with Crippen LogP contribution in [0.1, 0.15) is 0 Å².